The fourth-order valence-electron chi connectivity index (χ4n) is 2.28. The Balaban J connectivity index is 1.64. The topological polar surface area (TPSA) is 29.1 Å². The van der Waals surface area contributed by atoms with Crippen molar-refractivity contribution in [2.75, 3.05) is 16.8 Å². The lowest BCUT2D eigenvalue weighted by molar-refractivity contribution is -0.111. The van der Waals surface area contributed by atoms with Gasteiger partial charge in [-0.25, -0.2) is 0 Å². The molecule has 0 aromatic heterocycles. The molecule has 0 unspecified atom stereocenters. The van der Waals surface area contributed by atoms with Gasteiger partial charge < -0.3 is 5.32 Å². The number of amides is 1. The zero-order chi connectivity index (χ0) is 16.1. The van der Waals surface area contributed by atoms with Crippen LogP contribution in [0.1, 0.15) is 15.7 Å². The van der Waals surface area contributed by atoms with Crippen molar-refractivity contribution in [2.45, 2.75) is 4.58 Å². The van der Waals surface area contributed by atoms with E-state index in [1.165, 1.54) is 23.1 Å². The van der Waals surface area contributed by atoms with Crippen molar-refractivity contribution in [3.8, 4) is 0 Å². The van der Waals surface area contributed by atoms with E-state index in [1.54, 1.807) is 6.08 Å². The monoisotopic (exact) mass is 361 g/mol. The number of benzene rings is 2. The highest BCUT2D eigenvalue weighted by molar-refractivity contribution is 8.19. The normalized spacial score (nSPS) is 15.2. The Morgan fingerprint density at radius 2 is 1.91 bits per heavy atom. The largest absolute Gasteiger partial charge is 0.323 e. The smallest absolute Gasteiger partial charge is 0.248 e. The molecule has 0 bridgehead atoms. The average Bonchev–Trinajstić information content (AvgIpc) is 3.08. The Labute approximate surface area is 149 Å². The molecule has 0 radical (unpaired) electrons. The van der Waals surface area contributed by atoms with Crippen molar-refractivity contribution in [1.82, 2.24) is 0 Å². The molecule has 1 heterocycles. The Kier molecular flexibility index (Phi) is 5.70. The summed E-state index contributed by atoms with van der Waals surface area (Å²) in [6.07, 6.45) is 3.28. The van der Waals surface area contributed by atoms with Crippen molar-refractivity contribution >= 4 is 52.8 Å². The second kappa shape index (κ2) is 7.95. The first kappa shape index (κ1) is 16.5. The summed E-state index contributed by atoms with van der Waals surface area (Å²) >= 11 is 9.84. The van der Waals surface area contributed by atoms with E-state index in [4.69, 9.17) is 11.6 Å². The van der Waals surface area contributed by atoms with Gasteiger partial charge >= 0.3 is 0 Å². The van der Waals surface area contributed by atoms with Crippen molar-refractivity contribution < 1.29 is 4.79 Å². The molecule has 2 aromatic rings. The first-order valence-electron chi connectivity index (χ1n) is 7.28. The van der Waals surface area contributed by atoms with Crippen LogP contribution in [0, 0.1) is 0 Å². The van der Waals surface area contributed by atoms with Crippen LogP contribution in [0.15, 0.2) is 54.6 Å². The van der Waals surface area contributed by atoms with Crippen molar-refractivity contribution in [2.24, 2.45) is 0 Å². The van der Waals surface area contributed by atoms with Crippen LogP contribution in [0.3, 0.4) is 0 Å². The van der Waals surface area contributed by atoms with Gasteiger partial charge in [0.2, 0.25) is 5.91 Å². The summed E-state index contributed by atoms with van der Waals surface area (Å²) in [5.74, 6) is 2.23. The van der Waals surface area contributed by atoms with Crippen LogP contribution in [0.5, 0.6) is 0 Å². The van der Waals surface area contributed by atoms with Crippen molar-refractivity contribution in [3.05, 3.63) is 70.8 Å². The second-order valence-corrected chi connectivity index (χ2v) is 8.24. The van der Waals surface area contributed by atoms with Gasteiger partial charge in [0, 0.05) is 28.3 Å². The molecule has 0 atom stereocenters. The minimum Gasteiger partial charge on any atom is -0.323 e. The highest BCUT2D eigenvalue weighted by Gasteiger charge is 2.18. The molecule has 0 aliphatic carbocycles. The molecule has 3 rings (SSSR count). The van der Waals surface area contributed by atoms with E-state index in [1.807, 2.05) is 59.9 Å². The summed E-state index contributed by atoms with van der Waals surface area (Å²) in [5.41, 5.74) is 2.99. The molecule has 1 saturated heterocycles. The van der Waals surface area contributed by atoms with E-state index in [-0.39, 0.29) is 5.91 Å². The fourth-order valence-corrected chi connectivity index (χ4v) is 5.32. The van der Waals surface area contributed by atoms with E-state index < -0.39 is 0 Å². The van der Waals surface area contributed by atoms with Crippen LogP contribution in [0.4, 0.5) is 5.69 Å². The third-order valence-corrected chi connectivity index (χ3v) is 6.66. The first-order chi connectivity index (χ1) is 11.2. The van der Waals surface area contributed by atoms with Gasteiger partial charge in [-0.15, -0.1) is 23.5 Å². The van der Waals surface area contributed by atoms with Gasteiger partial charge in [-0.1, -0.05) is 35.9 Å². The molecular weight excluding hydrogens is 346 g/mol. The van der Waals surface area contributed by atoms with Crippen LogP contribution in [0.25, 0.3) is 6.08 Å². The maximum atomic E-state index is 12.1. The summed E-state index contributed by atoms with van der Waals surface area (Å²) in [6.45, 7) is 0. The number of anilines is 1. The molecule has 1 N–H and O–H groups in total. The van der Waals surface area contributed by atoms with Gasteiger partial charge in [-0.3, -0.25) is 4.79 Å². The predicted molar refractivity (Wildman–Crippen MR) is 103 cm³/mol. The summed E-state index contributed by atoms with van der Waals surface area (Å²) in [5, 5.41) is 3.57. The number of nitrogens with one attached hydrogen (secondary N) is 1. The zero-order valence-corrected chi connectivity index (χ0v) is 14.8. The van der Waals surface area contributed by atoms with Gasteiger partial charge in [0.1, 0.15) is 0 Å². The summed E-state index contributed by atoms with van der Waals surface area (Å²) < 4.78 is 0.480. The Morgan fingerprint density at radius 1 is 1.13 bits per heavy atom. The molecule has 2 aromatic carbocycles. The average molecular weight is 362 g/mol. The van der Waals surface area contributed by atoms with E-state index in [0.29, 0.717) is 9.60 Å². The first-order valence-corrected chi connectivity index (χ1v) is 9.76. The van der Waals surface area contributed by atoms with Gasteiger partial charge in [-0.2, -0.15) is 0 Å². The summed E-state index contributed by atoms with van der Waals surface area (Å²) in [7, 11) is 0. The SMILES string of the molecule is O=C(/C=C/c1cccc(Cl)c1)Nc1cccc(C2SCCS2)c1. The van der Waals surface area contributed by atoms with Gasteiger partial charge in [-0.05, 0) is 41.5 Å². The van der Waals surface area contributed by atoms with Gasteiger partial charge in [0.15, 0.2) is 0 Å². The molecule has 1 aliphatic rings. The highest BCUT2D eigenvalue weighted by atomic mass is 35.5. The van der Waals surface area contributed by atoms with Crippen LogP contribution >= 0.6 is 35.1 Å². The van der Waals surface area contributed by atoms with Crippen molar-refractivity contribution in [3.63, 3.8) is 0 Å². The molecule has 118 valence electrons. The van der Waals surface area contributed by atoms with E-state index >= 15 is 0 Å². The van der Waals surface area contributed by atoms with Crippen LogP contribution in [0.2, 0.25) is 5.02 Å². The second-order valence-electron chi connectivity index (χ2n) is 5.08. The Morgan fingerprint density at radius 3 is 2.70 bits per heavy atom. The van der Waals surface area contributed by atoms with E-state index in [9.17, 15) is 4.79 Å². The van der Waals surface area contributed by atoms with Crippen molar-refractivity contribution in [1.29, 1.82) is 0 Å². The molecule has 0 saturated carbocycles. The third kappa shape index (κ3) is 4.80. The number of carbonyl (C=O) groups is 1. The third-order valence-electron chi connectivity index (χ3n) is 3.32. The van der Waals surface area contributed by atoms with Crippen LogP contribution < -0.4 is 5.32 Å². The number of carbonyl (C=O) groups excluding carboxylic acids is 1. The lowest BCUT2D eigenvalue weighted by Crippen LogP contribution is -2.07. The molecule has 1 fully saturated rings. The maximum Gasteiger partial charge on any atom is 0.248 e. The quantitative estimate of drug-likeness (QED) is 0.732. The minimum absolute atomic E-state index is 0.145. The number of halogens is 1. The Hall–Kier alpha value is -1.36. The zero-order valence-electron chi connectivity index (χ0n) is 12.4. The molecule has 23 heavy (non-hydrogen) atoms. The molecule has 1 amide bonds. The van der Waals surface area contributed by atoms with Crippen LogP contribution in [-0.4, -0.2) is 17.4 Å². The number of rotatable bonds is 4. The van der Waals surface area contributed by atoms with E-state index in [0.717, 1.165) is 11.3 Å². The molecule has 5 heteroatoms. The summed E-state index contributed by atoms with van der Waals surface area (Å²) in [6, 6.07) is 15.5. The lowest BCUT2D eigenvalue weighted by atomic mass is 10.2. The van der Waals surface area contributed by atoms with E-state index in [2.05, 4.69) is 17.4 Å². The van der Waals surface area contributed by atoms with Crippen LogP contribution in [-0.2, 0) is 4.79 Å². The lowest BCUT2D eigenvalue weighted by Gasteiger charge is -2.10. The summed E-state index contributed by atoms with van der Waals surface area (Å²) in [4.78, 5) is 12.1. The molecular formula is C18H16ClNOS2. The fraction of sp³-hybridized carbons (Fsp3) is 0.167. The Bertz CT molecular complexity index is 726. The molecule has 2 nitrogen and oxygen atoms in total. The number of thioether (sulfide) groups is 2. The molecule has 1 aliphatic heterocycles. The van der Waals surface area contributed by atoms with Gasteiger partial charge in [0.25, 0.3) is 0 Å². The minimum atomic E-state index is -0.145. The maximum absolute atomic E-state index is 12.1. The highest BCUT2D eigenvalue weighted by Crippen LogP contribution is 2.45. The van der Waals surface area contributed by atoms with Gasteiger partial charge in [0.05, 0.1) is 4.58 Å². The predicted octanol–water partition coefficient (Wildman–Crippen LogP) is 5.47. The number of hydrogen-bond donors (Lipinski definition) is 1. The standard InChI is InChI=1S/C18H16ClNOS2/c19-15-5-1-3-13(11-15)7-8-17(21)20-16-6-2-4-14(12-16)18-22-9-10-23-18/h1-8,11-12,18H,9-10H2,(H,20,21)/b8-7+. The number of hydrogen-bond acceptors (Lipinski definition) is 3. The molecule has 0 spiro atoms.